The molecule has 6 rings (SSSR count). The highest BCUT2D eigenvalue weighted by molar-refractivity contribution is 7.85. The topological polar surface area (TPSA) is 35.5 Å². The number of hydrogen-bond donors (Lipinski definition) is 0. The van der Waals surface area contributed by atoms with Gasteiger partial charge in [0.15, 0.2) is 7.14 Å². The molecular formula is C34H32BO3P. The number of fused-ring (bicyclic) bond motifs is 1. The molecule has 0 atom stereocenters. The zero-order valence-electron chi connectivity index (χ0n) is 22.8. The Balaban J connectivity index is 1.33. The van der Waals surface area contributed by atoms with E-state index in [1.807, 2.05) is 66.7 Å². The summed E-state index contributed by atoms with van der Waals surface area (Å²) in [6.45, 7) is 8.28. The van der Waals surface area contributed by atoms with Crippen LogP contribution in [-0.2, 0) is 13.9 Å². The van der Waals surface area contributed by atoms with E-state index in [0.717, 1.165) is 43.3 Å². The van der Waals surface area contributed by atoms with Crippen molar-refractivity contribution in [1.82, 2.24) is 0 Å². The lowest BCUT2D eigenvalue weighted by Gasteiger charge is -2.32. The van der Waals surface area contributed by atoms with Gasteiger partial charge in [-0.15, -0.1) is 0 Å². The normalized spacial score (nSPS) is 16.5. The summed E-state index contributed by atoms with van der Waals surface area (Å²) in [5.74, 6) is 0. The van der Waals surface area contributed by atoms with Crippen molar-refractivity contribution in [2.24, 2.45) is 0 Å². The molecule has 5 aromatic carbocycles. The second kappa shape index (κ2) is 9.64. The maximum Gasteiger partial charge on any atom is 0.494 e. The smallest absolute Gasteiger partial charge is 0.399 e. The minimum Gasteiger partial charge on any atom is -0.399 e. The third-order valence-corrected chi connectivity index (χ3v) is 11.3. The molecule has 0 bridgehead atoms. The molecule has 1 fully saturated rings. The summed E-state index contributed by atoms with van der Waals surface area (Å²) < 4.78 is 27.2. The molecule has 0 unspecified atom stereocenters. The molecule has 0 N–H and O–H groups in total. The van der Waals surface area contributed by atoms with E-state index in [-0.39, 0.29) is 18.3 Å². The predicted molar refractivity (Wildman–Crippen MR) is 164 cm³/mol. The van der Waals surface area contributed by atoms with Crippen LogP contribution in [0.1, 0.15) is 27.7 Å². The molecule has 1 aliphatic heterocycles. The van der Waals surface area contributed by atoms with Crippen LogP contribution in [0.25, 0.3) is 21.9 Å². The van der Waals surface area contributed by atoms with Crippen LogP contribution in [0.3, 0.4) is 0 Å². The standard InChI is InChI=1S/C34H32BO3P/c1-33(2)34(3,4)38-35(37-33)29-20-17-25(18-21-29)26-15-16-28-24-32(22-19-27(28)23-26)39(36,30-11-7-5-8-12-30)31-13-9-6-10-14-31/h5-24H,1-4H3. The number of hydrogen-bond acceptors (Lipinski definition) is 3. The van der Waals surface area contributed by atoms with Gasteiger partial charge >= 0.3 is 7.12 Å². The second-order valence-corrected chi connectivity index (χ2v) is 14.0. The lowest BCUT2D eigenvalue weighted by molar-refractivity contribution is 0.00578. The van der Waals surface area contributed by atoms with Gasteiger partial charge in [-0.05, 0) is 67.2 Å². The van der Waals surface area contributed by atoms with Crippen molar-refractivity contribution in [2.45, 2.75) is 38.9 Å². The quantitative estimate of drug-likeness (QED) is 0.194. The highest BCUT2D eigenvalue weighted by Crippen LogP contribution is 2.43. The Morgan fingerprint density at radius 1 is 0.538 bits per heavy atom. The minimum absolute atomic E-state index is 0.363. The first-order valence-electron chi connectivity index (χ1n) is 13.4. The fourth-order valence-corrected chi connectivity index (χ4v) is 7.83. The highest BCUT2D eigenvalue weighted by Gasteiger charge is 2.51. The maximum absolute atomic E-state index is 14.8. The van der Waals surface area contributed by atoms with Gasteiger partial charge in [0.05, 0.1) is 11.2 Å². The Hall–Kier alpha value is -3.43. The first kappa shape index (κ1) is 25.8. The lowest BCUT2D eigenvalue weighted by atomic mass is 9.78. The summed E-state index contributed by atoms with van der Waals surface area (Å²) in [6, 6.07) is 40.7. The van der Waals surface area contributed by atoms with Gasteiger partial charge in [-0.25, -0.2) is 0 Å². The van der Waals surface area contributed by atoms with Gasteiger partial charge < -0.3 is 13.9 Å². The zero-order valence-corrected chi connectivity index (χ0v) is 23.7. The van der Waals surface area contributed by atoms with Crippen LogP contribution in [0.4, 0.5) is 0 Å². The molecule has 0 amide bonds. The van der Waals surface area contributed by atoms with E-state index in [1.165, 1.54) is 0 Å². The van der Waals surface area contributed by atoms with Gasteiger partial charge in [0.2, 0.25) is 0 Å². The molecule has 3 nitrogen and oxygen atoms in total. The molecule has 0 saturated carbocycles. The Morgan fingerprint density at radius 2 is 1.03 bits per heavy atom. The van der Waals surface area contributed by atoms with E-state index in [1.54, 1.807) is 0 Å². The van der Waals surface area contributed by atoms with Gasteiger partial charge in [0, 0.05) is 15.9 Å². The zero-order chi connectivity index (χ0) is 27.3. The van der Waals surface area contributed by atoms with Gasteiger partial charge in [0.25, 0.3) is 0 Å². The molecule has 0 aliphatic carbocycles. The summed E-state index contributed by atoms with van der Waals surface area (Å²) in [5.41, 5.74) is 2.54. The van der Waals surface area contributed by atoms with Crippen molar-refractivity contribution in [3.63, 3.8) is 0 Å². The number of benzene rings is 5. The SMILES string of the molecule is CC1(C)OB(c2ccc(-c3ccc4cc(P(=O)(c5ccccc5)c5ccccc5)ccc4c3)cc2)OC1(C)C. The molecule has 1 saturated heterocycles. The molecular weight excluding hydrogens is 498 g/mol. The van der Waals surface area contributed by atoms with Crippen LogP contribution in [0.5, 0.6) is 0 Å². The summed E-state index contributed by atoms with van der Waals surface area (Å²) >= 11 is 0. The second-order valence-electron chi connectivity index (χ2n) is 11.2. The van der Waals surface area contributed by atoms with Gasteiger partial charge in [-0.3, -0.25) is 0 Å². The number of rotatable bonds is 5. The van der Waals surface area contributed by atoms with E-state index in [0.29, 0.717) is 0 Å². The first-order chi connectivity index (χ1) is 18.7. The molecule has 0 spiro atoms. The molecule has 1 aliphatic rings. The highest BCUT2D eigenvalue weighted by atomic mass is 31.2. The third-order valence-electron chi connectivity index (χ3n) is 8.20. The summed E-state index contributed by atoms with van der Waals surface area (Å²) in [5, 5.41) is 4.70. The van der Waals surface area contributed by atoms with Crippen molar-refractivity contribution in [3.05, 3.63) is 121 Å². The van der Waals surface area contributed by atoms with E-state index in [2.05, 4.69) is 82.3 Å². The van der Waals surface area contributed by atoms with E-state index < -0.39 is 7.14 Å². The summed E-state index contributed by atoms with van der Waals surface area (Å²) in [6.07, 6.45) is 0. The predicted octanol–water partition coefficient (Wildman–Crippen LogP) is 6.45. The molecule has 39 heavy (non-hydrogen) atoms. The summed E-state index contributed by atoms with van der Waals surface area (Å²) in [4.78, 5) is 0. The Bertz CT molecular complexity index is 1620. The van der Waals surface area contributed by atoms with Crippen molar-refractivity contribution in [2.75, 3.05) is 0 Å². The Kier molecular flexibility index (Phi) is 6.39. The van der Waals surface area contributed by atoms with Gasteiger partial charge in [-0.2, -0.15) is 0 Å². The van der Waals surface area contributed by atoms with Crippen LogP contribution >= 0.6 is 7.14 Å². The van der Waals surface area contributed by atoms with E-state index in [4.69, 9.17) is 9.31 Å². The molecule has 0 radical (unpaired) electrons. The Labute approximate surface area is 231 Å². The molecule has 1 heterocycles. The van der Waals surface area contributed by atoms with Crippen molar-refractivity contribution >= 4 is 46.4 Å². The van der Waals surface area contributed by atoms with Crippen LogP contribution in [0.2, 0.25) is 0 Å². The van der Waals surface area contributed by atoms with Crippen molar-refractivity contribution in [3.8, 4) is 11.1 Å². The molecule has 5 heteroatoms. The van der Waals surface area contributed by atoms with Crippen molar-refractivity contribution < 1.29 is 13.9 Å². The minimum atomic E-state index is -3.01. The average Bonchev–Trinajstić information content (AvgIpc) is 3.19. The van der Waals surface area contributed by atoms with Crippen LogP contribution in [0, 0.1) is 0 Å². The van der Waals surface area contributed by atoms with Crippen LogP contribution < -0.4 is 21.4 Å². The van der Waals surface area contributed by atoms with Crippen molar-refractivity contribution in [1.29, 1.82) is 0 Å². The average molecular weight is 530 g/mol. The van der Waals surface area contributed by atoms with E-state index in [9.17, 15) is 4.57 Å². The van der Waals surface area contributed by atoms with Gasteiger partial charge in [-0.1, -0.05) is 109 Å². The monoisotopic (exact) mass is 530 g/mol. The molecule has 5 aromatic rings. The van der Waals surface area contributed by atoms with Gasteiger partial charge in [0.1, 0.15) is 0 Å². The summed E-state index contributed by atoms with van der Waals surface area (Å²) in [7, 11) is -3.38. The van der Waals surface area contributed by atoms with E-state index >= 15 is 0 Å². The molecule has 0 aromatic heterocycles. The Morgan fingerprint density at radius 3 is 1.59 bits per heavy atom. The third kappa shape index (κ3) is 4.57. The van der Waals surface area contributed by atoms with Crippen LogP contribution in [-0.4, -0.2) is 18.3 Å². The first-order valence-corrected chi connectivity index (χ1v) is 15.1. The van der Waals surface area contributed by atoms with Crippen LogP contribution in [0.15, 0.2) is 121 Å². The maximum atomic E-state index is 14.8. The molecule has 194 valence electrons. The largest absolute Gasteiger partial charge is 0.494 e. The fourth-order valence-electron chi connectivity index (χ4n) is 5.14. The lowest BCUT2D eigenvalue weighted by Crippen LogP contribution is -2.41. The fraction of sp³-hybridized carbons (Fsp3) is 0.176.